The summed E-state index contributed by atoms with van der Waals surface area (Å²) in [6, 6.07) is 12.7. The molecule has 0 heterocycles. The van der Waals surface area contributed by atoms with Crippen molar-refractivity contribution in [1.29, 1.82) is 0 Å². The predicted octanol–water partition coefficient (Wildman–Crippen LogP) is 3.14. The Morgan fingerprint density at radius 2 is 1.64 bits per heavy atom. The Balaban J connectivity index is 2.11. The average molecular weight is 296 g/mol. The third kappa shape index (κ3) is 3.52. The molecule has 0 aromatic heterocycles. The summed E-state index contributed by atoms with van der Waals surface area (Å²) in [4.78, 5) is 23.4. The minimum absolute atomic E-state index is 0.154. The van der Waals surface area contributed by atoms with Crippen molar-refractivity contribution in [3.8, 4) is 0 Å². The number of anilines is 1. The number of rotatable bonds is 4. The van der Waals surface area contributed by atoms with Gasteiger partial charge in [-0.1, -0.05) is 18.2 Å². The Kier molecular flexibility index (Phi) is 4.61. The van der Waals surface area contributed by atoms with E-state index < -0.39 is 0 Å². The molecule has 1 atom stereocenters. The molecule has 2 amide bonds. The van der Waals surface area contributed by atoms with Crippen molar-refractivity contribution in [1.82, 2.24) is 0 Å². The number of amides is 2. The number of nitrogens with two attached hydrogens (primary N) is 1. The van der Waals surface area contributed by atoms with E-state index in [1.54, 1.807) is 37.3 Å². The van der Waals surface area contributed by atoms with Gasteiger partial charge in [-0.25, -0.2) is 0 Å². The summed E-state index contributed by atoms with van der Waals surface area (Å²) in [5.74, 6) is -0.866. The number of carbonyl (C=O) groups excluding carboxylic acids is 2. The zero-order valence-electron chi connectivity index (χ0n) is 13.0. The molecule has 2 aromatic carbocycles. The lowest BCUT2D eigenvalue weighted by Gasteiger charge is -2.10. The molecule has 0 aliphatic rings. The molecule has 1 unspecified atom stereocenters. The maximum absolute atomic E-state index is 12.2. The van der Waals surface area contributed by atoms with Gasteiger partial charge in [0, 0.05) is 11.3 Å². The van der Waals surface area contributed by atoms with Crippen LogP contribution >= 0.6 is 0 Å². The zero-order valence-corrected chi connectivity index (χ0v) is 13.0. The van der Waals surface area contributed by atoms with Crippen LogP contribution in [0.2, 0.25) is 0 Å². The summed E-state index contributed by atoms with van der Waals surface area (Å²) in [5, 5.41) is 2.85. The van der Waals surface area contributed by atoms with Crippen molar-refractivity contribution in [3.63, 3.8) is 0 Å². The van der Waals surface area contributed by atoms with Crippen LogP contribution in [0.1, 0.15) is 39.9 Å². The standard InChI is InChI=1S/C18H20N2O2/c1-11-4-5-15(10-12(11)2)18(22)20-16-8-6-14(7-9-16)13(3)17(19)21/h4-10,13H,1-3H3,(H2,19,21)(H,20,22). The van der Waals surface area contributed by atoms with Crippen molar-refractivity contribution in [2.75, 3.05) is 5.32 Å². The highest BCUT2D eigenvalue weighted by molar-refractivity contribution is 6.04. The van der Waals surface area contributed by atoms with Crippen LogP contribution in [0.15, 0.2) is 42.5 Å². The zero-order chi connectivity index (χ0) is 16.3. The van der Waals surface area contributed by atoms with Crippen LogP contribution in [-0.2, 0) is 4.79 Å². The van der Waals surface area contributed by atoms with E-state index in [9.17, 15) is 9.59 Å². The van der Waals surface area contributed by atoms with E-state index in [2.05, 4.69) is 5.32 Å². The van der Waals surface area contributed by atoms with Crippen LogP contribution in [-0.4, -0.2) is 11.8 Å². The minimum Gasteiger partial charge on any atom is -0.369 e. The van der Waals surface area contributed by atoms with Gasteiger partial charge in [0.25, 0.3) is 5.91 Å². The first-order valence-corrected chi connectivity index (χ1v) is 7.16. The van der Waals surface area contributed by atoms with Crippen molar-refractivity contribution in [3.05, 3.63) is 64.7 Å². The van der Waals surface area contributed by atoms with E-state index >= 15 is 0 Å². The Labute approximate surface area is 130 Å². The lowest BCUT2D eigenvalue weighted by molar-refractivity contribution is -0.119. The first-order valence-electron chi connectivity index (χ1n) is 7.16. The molecule has 0 aliphatic carbocycles. The second kappa shape index (κ2) is 6.43. The van der Waals surface area contributed by atoms with Crippen molar-refractivity contribution < 1.29 is 9.59 Å². The van der Waals surface area contributed by atoms with Crippen LogP contribution in [0, 0.1) is 13.8 Å². The normalized spacial score (nSPS) is 11.8. The van der Waals surface area contributed by atoms with Gasteiger partial charge in [-0.2, -0.15) is 0 Å². The lowest BCUT2D eigenvalue weighted by atomic mass is 10.0. The van der Waals surface area contributed by atoms with E-state index in [1.165, 1.54) is 0 Å². The number of hydrogen-bond donors (Lipinski definition) is 2. The van der Waals surface area contributed by atoms with Crippen LogP contribution in [0.4, 0.5) is 5.69 Å². The monoisotopic (exact) mass is 296 g/mol. The second-order valence-electron chi connectivity index (χ2n) is 5.50. The summed E-state index contributed by atoms with van der Waals surface area (Å²) < 4.78 is 0. The molecule has 4 nitrogen and oxygen atoms in total. The molecule has 4 heteroatoms. The number of benzene rings is 2. The number of carbonyl (C=O) groups is 2. The Bertz CT molecular complexity index is 706. The fraction of sp³-hybridized carbons (Fsp3) is 0.222. The van der Waals surface area contributed by atoms with Gasteiger partial charge in [0.2, 0.25) is 5.91 Å². The molecule has 0 radical (unpaired) electrons. The molecule has 0 saturated heterocycles. The molecule has 0 aliphatic heterocycles. The molecule has 0 bridgehead atoms. The molecule has 0 fully saturated rings. The highest BCUT2D eigenvalue weighted by Gasteiger charge is 2.12. The van der Waals surface area contributed by atoms with Gasteiger partial charge in [0.1, 0.15) is 0 Å². The quantitative estimate of drug-likeness (QED) is 0.909. The third-order valence-electron chi connectivity index (χ3n) is 3.86. The van der Waals surface area contributed by atoms with E-state index in [-0.39, 0.29) is 17.7 Å². The summed E-state index contributed by atoms with van der Waals surface area (Å²) in [6.07, 6.45) is 0. The van der Waals surface area contributed by atoms with Crippen molar-refractivity contribution in [2.24, 2.45) is 5.73 Å². The van der Waals surface area contributed by atoms with Crippen LogP contribution < -0.4 is 11.1 Å². The topological polar surface area (TPSA) is 72.2 Å². The van der Waals surface area contributed by atoms with Crippen LogP contribution in [0.25, 0.3) is 0 Å². The second-order valence-corrected chi connectivity index (χ2v) is 5.50. The van der Waals surface area contributed by atoms with Gasteiger partial charge in [-0.15, -0.1) is 0 Å². The van der Waals surface area contributed by atoms with Gasteiger partial charge in [0.05, 0.1) is 5.92 Å². The molecule has 0 spiro atoms. The molecule has 3 N–H and O–H groups in total. The fourth-order valence-corrected chi connectivity index (χ4v) is 2.11. The van der Waals surface area contributed by atoms with E-state index in [4.69, 9.17) is 5.73 Å². The summed E-state index contributed by atoms with van der Waals surface area (Å²) in [6.45, 7) is 5.74. The maximum atomic E-state index is 12.2. The number of primary amides is 1. The smallest absolute Gasteiger partial charge is 0.255 e. The maximum Gasteiger partial charge on any atom is 0.255 e. The molecule has 2 rings (SSSR count). The first kappa shape index (κ1) is 15.8. The van der Waals surface area contributed by atoms with Gasteiger partial charge >= 0.3 is 0 Å². The Morgan fingerprint density at radius 3 is 2.18 bits per heavy atom. The summed E-state index contributed by atoms with van der Waals surface area (Å²) >= 11 is 0. The van der Waals surface area contributed by atoms with Crippen LogP contribution in [0.5, 0.6) is 0 Å². The Morgan fingerprint density at radius 1 is 1.00 bits per heavy atom. The van der Waals surface area contributed by atoms with E-state index in [0.717, 1.165) is 16.7 Å². The van der Waals surface area contributed by atoms with Gasteiger partial charge in [0.15, 0.2) is 0 Å². The molecule has 2 aromatic rings. The van der Waals surface area contributed by atoms with E-state index in [0.29, 0.717) is 11.3 Å². The molecule has 114 valence electrons. The predicted molar refractivity (Wildman–Crippen MR) is 87.9 cm³/mol. The van der Waals surface area contributed by atoms with Crippen LogP contribution in [0.3, 0.4) is 0 Å². The number of hydrogen-bond acceptors (Lipinski definition) is 2. The summed E-state index contributed by atoms with van der Waals surface area (Å²) in [7, 11) is 0. The third-order valence-corrected chi connectivity index (χ3v) is 3.86. The Hall–Kier alpha value is -2.62. The number of nitrogens with one attached hydrogen (secondary N) is 1. The minimum atomic E-state index is -0.369. The molecular formula is C18H20N2O2. The average Bonchev–Trinajstić information content (AvgIpc) is 2.50. The van der Waals surface area contributed by atoms with Gasteiger partial charge in [-0.05, 0) is 61.7 Å². The van der Waals surface area contributed by atoms with Gasteiger partial charge in [-0.3, -0.25) is 9.59 Å². The highest BCUT2D eigenvalue weighted by Crippen LogP contribution is 2.18. The van der Waals surface area contributed by atoms with Gasteiger partial charge < -0.3 is 11.1 Å². The first-order chi connectivity index (χ1) is 10.4. The summed E-state index contributed by atoms with van der Waals surface area (Å²) in [5.41, 5.74) is 9.65. The fourth-order valence-electron chi connectivity index (χ4n) is 2.11. The SMILES string of the molecule is Cc1ccc(C(=O)Nc2ccc(C(C)C(N)=O)cc2)cc1C. The van der Waals surface area contributed by atoms with Crippen molar-refractivity contribution in [2.45, 2.75) is 26.7 Å². The van der Waals surface area contributed by atoms with E-state index in [1.807, 2.05) is 26.0 Å². The molecule has 22 heavy (non-hydrogen) atoms. The highest BCUT2D eigenvalue weighted by atomic mass is 16.2. The lowest BCUT2D eigenvalue weighted by Crippen LogP contribution is -2.18. The number of aryl methyl sites for hydroxylation is 2. The van der Waals surface area contributed by atoms with Crippen molar-refractivity contribution >= 4 is 17.5 Å². The molecular weight excluding hydrogens is 276 g/mol. The molecule has 0 saturated carbocycles. The largest absolute Gasteiger partial charge is 0.369 e.